The van der Waals surface area contributed by atoms with E-state index < -0.39 is 29.9 Å². The highest BCUT2D eigenvalue weighted by atomic mass is 16.5. The minimum atomic E-state index is -1.19. The van der Waals surface area contributed by atoms with Gasteiger partial charge in [0.15, 0.2) is 0 Å². The van der Waals surface area contributed by atoms with Gasteiger partial charge in [-0.05, 0) is 19.8 Å². The average molecular weight is 471 g/mol. The van der Waals surface area contributed by atoms with Gasteiger partial charge in [-0.1, -0.05) is 103 Å². The molecule has 0 aromatic rings. The molecule has 0 aliphatic rings. The molecule has 0 saturated heterocycles. The van der Waals surface area contributed by atoms with Crippen LogP contribution in [0.1, 0.15) is 129 Å². The van der Waals surface area contributed by atoms with Crippen molar-refractivity contribution in [2.75, 3.05) is 6.61 Å². The van der Waals surface area contributed by atoms with Crippen LogP contribution in [0.3, 0.4) is 0 Å². The second-order valence-corrected chi connectivity index (χ2v) is 9.25. The SMILES string of the molecule is CCCCCCCCCCCCCCCCCCOC(=O)CC[C@@H](NC(=O)[C@@H](C)N)C(=O)O. The van der Waals surface area contributed by atoms with E-state index in [4.69, 9.17) is 15.6 Å². The van der Waals surface area contributed by atoms with Crippen molar-refractivity contribution in [3.63, 3.8) is 0 Å². The van der Waals surface area contributed by atoms with Gasteiger partial charge >= 0.3 is 11.9 Å². The zero-order valence-electron chi connectivity index (χ0n) is 21.2. The first kappa shape index (κ1) is 31.4. The van der Waals surface area contributed by atoms with E-state index >= 15 is 0 Å². The number of nitrogens with one attached hydrogen (secondary N) is 1. The van der Waals surface area contributed by atoms with Crippen molar-refractivity contribution in [2.24, 2.45) is 5.73 Å². The fraction of sp³-hybridized carbons (Fsp3) is 0.885. The number of hydrogen-bond acceptors (Lipinski definition) is 5. The minimum absolute atomic E-state index is 0.00835. The van der Waals surface area contributed by atoms with Crippen molar-refractivity contribution in [3.05, 3.63) is 0 Å². The maximum absolute atomic E-state index is 11.8. The van der Waals surface area contributed by atoms with Crippen LogP contribution in [0.5, 0.6) is 0 Å². The lowest BCUT2D eigenvalue weighted by atomic mass is 10.0. The van der Waals surface area contributed by atoms with Crippen LogP contribution >= 0.6 is 0 Å². The summed E-state index contributed by atoms with van der Waals surface area (Å²) in [4.78, 5) is 34.5. The summed E-state index contributed by atoms with van der Waals surface area (Å²) in [6.45, 7) is 4.10. The molecule has 2 atom stereocenters. The molecule has 0 aromatic heterocycles. The highest BCUT2D eigenvalue weighted by Gasteiger charge is 2.22. The number of hydrogen-bond donors (Lipinski definition) is 3. The van der Waals surface area contributed by atoms with Crippen LogP contribution in [0.15, 0.2) is 0 Å². The standard InChI is InChI=1S/C26H50N2O5/c1-3-4-5-6-7-8-9-10-11-12-13-14-15-16-17-18-21-33-24(29)20-19-23(26(31)32)28-25(30)22(2)27/h22-23H,3-21,27H2,1-2H3,(H,28,30)(H,31,32)/t22-,23-/m1/s1. The molecule has 0 aliphatic carbocycles. The molecular weight excluding hydrogens is 420 g/mol. The third kappa shape index (κ3) is 20.7. The molecule has 1 amide bonds. The average Bonchev–Trinajstić information content (AvgIpc) is 2.78. The number of carboxylic acid groups (broad SMARTS) is 1. The summed E-state index contributed by atoms with van der Waals surface area (Å²) in [5, 5.41) is 11.5. The highest BCUT2D eigenvalue weighted by molar-refractivity contribution is 5.86. The van der Waals surface area contributed by atoms with Crippen LogP contribution < -0.4 is 11.1 Å². The van der Waals surface area contributed by atoms with E-state index in [2.05, 4.69) is 12.2 Å². The van der Waals surface area contributed by atoms with Gasteiger partial charge in [0.1, 0.15) is 6.04 Å². The molecule has 0 aliphatic heterocycles. The Balaban J connectivity index is 3.48. The number of aliphatic carboxylic acids is 1. The normalized spacial score (nSPS) is 12.8. The van der Waals surface area contributed by atoms with E-state index in [1.807, 2.05) is 0 Å². The Morgan fingerprint density at radius 3 is 1.61 bits per heavy atom. The van der Waals surface area contributed by atoms with E-state index in [0.29, 0.717) is 6.61 Å². The van der Waals surface area contributed by atoms with Crippen molar-refractivity contribution in [1.29, 1.82) is 0 Å². The predicted octanol–water partition coefficient (Wildman–Crippen LogP) is 5.49. The number of carbonyl (C=O) groups excluding carboxylic acids is 2. The number of amides is 1. The van der Waals surface area contributed by atoms with Gasteiger partial charge < -0.3 is 20.9 Å². The van der Waals surface area contributed by atoms with E-state index in [1.54, 1.807) is 0 Å². The van der Waals surface area contributed by atoms with Gasteiger partial charge in [-0.2, -0.15) is 0 Å². The van der Waals surface area contributed by atoms with Gasteiger partial charge in [0.25, 0.3) is 0 Å². The fourth-order valence-corrected chi connectivity index (χ4v) is 3.73. The summed E-state index contributed by atoms with van der Waals surface area (Å²) in [5.74, 6) is -2.17. The van der Waals surface area contributed by atoms with Gasteiger partial charge in [0.05, 0.1) is 12.6 Å². The molecule has 0 fully saturated rings. The summed E-state index contributed by atoms with van der Waals surface area (Å²) >= 11 is 0. The van der Waals surface area contributed by atoms with Crippen molar-refractivity contribution >= 4 is 17.8 Å². The minimum Gasteiger partial charge on any atom is -0.480 e. The molecule has 7 nitrogen and oxygen atoms in total. The second-order valence-electron chi connectivity index (χ2n) is 9.25. The van der Waals surface area contributed by atoms with Crippen molar-refractivity contribution in [1.82, 2.24) is 5.32 Å². The number of carboxylic acids is 1. The van der Waals surface area contributed by atoms with Crippen LogP contribution in [0.25, 0.3) is 0 Å². The Morgan fingerprint density at radius 2 is 1.21 bits per heavy atom. The molecule has 0 radical (unpaired) electrons. The molecule has 0 heterocycles. The fourth-order valence-electron chi connectivity index (χ4n) is 3.73. The van der Waals surface area contributed by atoms with E-state index in [1.165, 1.54) is 90.4 Å². The Kier molecular flexibility index (Phi) is 21.1. The quantitative estimate of drug-likeness (QED) is 0.134. The van der Waals surface area contributed by atoms with Gasteiger partial charge in [-0.3, -0.25) is 9.59 Å². The first-order chi connectivity index (χ1) is 15.9. The first-order valence-corrected chi connectivity index (χ1v) is 13.3. The third-order valence-corrected chi connectivity index (χ3v) is 5.93. The lowest BCUT2D eigenvalue weighted by Crippen LogP contribution is -2.47. The largest absolute Gasteiger partial charge is 0.480 e. The summed E-state index contributed by atoms with van der Waals surface area (Å²) in [6, 6.07) is -1.93. The van der Waals surface area contributed by atoms with E-state index in [0.717, 1.165) is 19.3 Å². The van der Waals surface area contributed by atoms with Gasteiger partial charge in [0, 0.05) is 6.42 Å². The number of esters is 1. The molecule has 0 bridgehead atoms. The summed E-state index contributed by atoms with van der Waals surface area (Å²) in [5.41, 5.74) is 5.42. The number of nitrogens with two attached hydrogens (primary N) is 1. The lowest BCUT2D eigenvalue weighted by Gasteiger charge is -2.15. The molecule has 0 rings (SSSR count). The molecule has 33 heavy (non-hydrogen) atoms. The molecular formula is C26H50N2O5. The summed E-state index contributed by atoms with van der Waals surface area (Å²) in [6.07, 6.45) is 20.6. The van der Waals surface area contributed by atoms with Crippen LogP contribution in [0, 0.1) is 0 Å². The van der Waals surface area contributed by atoms with Crippen LogP contribution in [0.2, 0.25) is 0 Å². The zero-order chi connectivity index (χ0) is 24.7. The van der Waals surface area contributed by atoms with Crippen molar-refractivity contribution in [2.45, 2.75) is 142 Å². The molecule has 4 N–H and O–H groups in total. The van der Waals surface area contributed by atoms with Gasteiger partial charge in [-0.25, -0.2) is 4.79 Å². The smallest absolute Gasteiger partial charge is 0.326 e. The lowest BCUT2D eigenvalue weighted by molar-refractivity contribution is -0.145. The van der Waals surface area contributed by atoms with Crippen LogP contribution in [-0.4, -0.2) is 41.6 Å². The van der Waals surface area contributed by atoms with E-state index in [-0.39, 0.29) is 12.8 Å². The topological polar surface area (TPSA) is 119 Å². The Morgan fingerprint density at radius 1 is 0.788 bits per heavy atom. The van der Waals surface area contributed by atoms with Crippen molar-refractivity contribution < 1.29 is 24.2 Å². The zero-order valence-corrected chi connectivity index (χ0v) is 21.2. The van der Waals surface area contributed by atoms with E-state index in [9.17, 15) is 14.4 Å². The molecule has 0 saturated carbocycles. The number of rotatable bonds is 23. The Labute approximate surface area is 201 Å². The molecule has 0 spiro atoms. The maximum atomic E-state index is 11.8. The van der Waals surface area contributed by atoms with Crippen LogP contribution in [-0.2, 0) is 19.1 Å². The third-order valence-electron chi connectivity index (χ3n) is 5.93. The van der Waals surface area contributed by atoms with Crippen LogP contribution in [0.4, 0.5) is 0 Å². The molecule has 0 unspecified atom stereocenters. The predicted molar refractivity (Wildman–Crippen MR) is 133 cm³/mol. The summed E-state index contributed by atoms with van der Waals surface area (Å²) in [7, 11) is 0. The summed E-state index contributed by atoms with van der Waals surface area (Å²) < 4.78 is 5.17. The Bertz CT molecular complexity index is 511. The maximum Gasteiger partial charge on any atom is 0.326 e. The number of carbonyl (C=O) groups is 3. The first-order valence-electron chi connectivity index (χ1n) is 13.3. The van der Waals surface area contributed by atoms with Gasteiger partial charge in [-0.15, -0.1) is 0 Å². The molecule has 0 aromatic carbocycles. The monoisotopic (exact) mass is 470 g/mol. The van der Waals surface area contributed by atoms with Gasteiger partial charge in [0.2, 0.25) is 5.91 Å². The molecule has 7 heteroatoms. The number of unbranched alkanes of at least 4 members (excludes halogenated alkanes) is 15. The number of ether oxygens (including phenoxy) is 1. The Hall–Kier alpha value is -1.63. The van der Waals surface area contributed by atoms with Crippen molar-refractivity contribution in [3.8, 4) is 0 Å². The molecule has 194 valence electrons. The highest BCUT2D eigenvalue weighted by Crippen LogP contribution is 2.13. The second kappa shape index (κ2) is 22.2.